The van der Waals surface area contributed by atoms with Crippen LogP contribution in [-0.4, -0.2) is 9.78 Å². The maximum atomic E-state index is 5.78. The first-order valence-corrected chi connectivity index (χ1v) is 4.62. The maximum Gasteiger partial charge on any atom is 0.148 e. The van der Waals surface area contributed by atoms with Gasteiger partial charge in [-0.2, -0.15) is 5.10 Å². The number of halogens is 1. The largest absolute Gasteiger partial charge is 0.382 e. The molecule has 0 amide bonds. The van der Waals surface area contributed by atoms with Crippen molar-refractivity contribution >= 4 is 17.4 Å². The van der Waals surface area contributed by atoms with Crippen LogP contribution in [0.25, 0.3) is 5.69 Å². The Hall–Kier alpha value is -1.48. The summed E-state index contributed by atoms with van der Waals surface area (Å²) in [4.78, 5) is 0. The number of nitrogens with zero attached hydrogens (tertiary/aromatic N) is 2. The molecule has 0 aliphatic rings. The molecule has 0 saturated heterocycles. The Morgan fingerprint density at radius 1 is 1.29 bits per heavy atom. The van der Waals surface area contributed by atoms with Crippen LogP contribution < -0.4 is 5.73 Å². The molecule has 0 spiro atoms. The number of benzene rings is 1. The molecular formula is C10H10ClN3. The summed E-state index contributed by atoms with van der Waals surface area (Å²) in [5, 5.41) is 4.88. The number of rotatable bonds is 1. The Morgan fingerprint density at radius 3 is 2.43 bits per heavy atom. The van der Waals surface area contributed by atoms with Gasteiger partial charge in [-0.15, -0.1) is 0 Å². The van der Waals surface area contributed by atoms with Crippen molar-refractivity contribution in [2.75, 3.05) is 5.73 Å². The van der Waals surface area contributed by atoms with Gasteiger partial charge in [0.15, 0.2) is 0 Å². The minimum Gasteiger partial charge on any atom is -0.382 e. The summed E-state index contributed by atoms with van der Waals surface area (Å²) in [7, 11) is 0. The van der Waals surface area contributed by atoms with Crippen LogP contribution in [0.2, 0.25) is 5.02 Å². The predicted molar refractivity (Wildman–Crippen MR) is 57.7 cm³/mol. The van der Waals surface area contributed by atoms with E-state index < -0.39 is 0 Å². The standard InChI is InChI=1S/C10H10ClN3/c1-7-6-14(13-10(7)12)9-4-2-8(11)3-5-9/h2-6H,1H3,(H2,12,13). The lowest BCUT2D eigenvalue weighted by Gasteiger charge is -1.99. The van der Waals surface area contributed by atoms with Crippen molar-refractivity contribution < 1.29 is 0 Å². The lowest BCUT2D eigenvalue weighted by atomic mass is 10.3. The predicted octanol–water partition coefficient (Wildman–Crippen LogP) is 2.42. The van der Waals surface area contributed by atoms with Crippen LogP contribution in [0.3, 0.4) is 0 Å². The van der Waals surface area contributed by atoms with Crippen molar-refractivity contribution in [3.05, 3.63) is 41.0 Å². The summed E-state index contributed by atoms with van der Waals surface area (Å²) < 4.78 is 1.74. The van der Waals surface area contributed by atoms with E-state index in [4.69, 9.17) is 17.3 Å². The summed E-state index contributed by atoms with van der Waals surface area (Å²) in [6, 6.07) is 7.44. The number of hydrogen-bond donors (Lipinski definition) is 1. The average molecular weight is 208 g/mol. The Kier molecular flexibility index (Phi) is 2.17. The van der Waals surface area contributed by atoms with E-state index in [1.54, 1.807) is 4.68 Å². The van der Waals surface area contributed by atoms with E-state index in [1.807, 2.05) is 37.4 Å². The van der Waals surface area contributed by atoms with E-state index in [1.165, 1.54) is 0 Å². The molecule has 1 aromatic carbocycles. The van der Waals surface area contributed by atoms with Crippen molar-refractivity contribution in [3.63, 3.8) is 0 Å². The van der Waals surface area contributed by atoms with E-state index in [0.29, 0.717) is 10.8 Å². The summed E-state index contributed by atoms with van der Waals surface area (Å²) in [6.07, 6.45) is 1.89. The van der Waals surface area contributed by atoms with Crippen molar-refractivity contribution in [2.24, 2.45) is 0 Å². The Labute approximate surface area is 87.1 Å². The van der Waals surface area contributed by atoms with Crippen LogP contribution in [0.1, 0.15) is 5.56 Å². The van der Waals surface area contributed by atoms with Crippen LogP contribution >= 0.6 is 11.6 Å². The van der Waals surface area contributed by atoms with Gasteiger partial charge in [0.1, 0.15) is 5.82 Å². The number of aromatic nitrogens is 2. The third-order valence-corrected chi connectivity index (χ3v) is 2.28. The maximum absolute atomic E-state index is 5.78. The molecule has 2 rings (SSSR count). The smallest absolute Gasteiger partial charge is 0.148 e. The van der Waals surface area contributed by atoms with E-state index >= 15 is 0 Å². The molecule has 0 aliphatic heterocycles. The van der Waals surface area contributed by atoms with Gasteiger partial charge in [-0.3, -0.25) is 0 Å². The van der Waals surface area contributed by atoms with Crippen molar-refractivity contribution in [3.8, 4) is 5.69 Å². The van der Waals surface area contributed by atoms with Gasteiger partial charge in [-0.25, -0.2) is 4.68 Å². The molecule has 2 aromatic rings. The SMILES string of the molecule is Cc1cn(-c2ccc(Cl)cc2)nc1N. The highest BCUT2D eigenvalue weighted by Gasteiger charge is 2.02. The van der Waals surface area contributed by atoms with Gasteiger partial charge in [0.05, 0.1) is 5.69 Å². The van der Waals surface area contributed by atoms with E-state index in [2.05, 4.69) is 5.10 Å². The molecular weight excluding hydrogens is 198 g/mol. The van der Waals surface area contributed by atoms with E-state index in [0.717, 1.165) is 11.3 Å². The molecule has 14 heavy (non-hydrogen) atoms. The lowest BCUT2D eigenvalue weighted by molar-refractivity contribution is 0.885. The molecule has 3 nitrogen and oxygen atoms in total. The molecule has 0 bridgehead atoms. The first-order chi connectivity index (χ1) is 6.66. The minimum atomic E-state index is 0.556. The molecule has 1 aromatic heterocycles. The number of nitrogen functional groups attached to an aromatic ring is 1. The molecule has 0 atom stereocenters. The van der Waals surface area contributed by atoms with Gasteiger partial charge in [-0.05, 0) is 31.2 Å². The highest BCUT2D eigenvalue weighted by molar-refractivity contribution is 6.30. The van der Waals surface area contributed by atoms with Crippen molar-refractivity contribution in [2.45, 2.75) is 6.92 Å². The fourth-order valence-electron chi connectivity index (χ4n) is 1.20. The lowest BCUT2D eigenvalue weighted by Crippen LogP contribution is -1.95. The van der Waals surface area contributed by atoms with Gasteiger partial charge in [0.2, 0.25) is 0 Å². The number of aryl methyl sites for hydroxylation is 1. The van der Waals surface area contributed by atoms with Crippen LogP contribution in [0.4, 0.5) is 5.82 Å². The quantitative estimate of drug-likeness (QED) is 0.781. The van der Waals surface area contributed by atoms with Crippen LogP contribution in [0.15, 0.2) is 30.5 Å². The zero-order valence-corrected chi connectivity index (χ0v) is 8.49. The van der Waals surface area contributed by atoms with E-state index in [-0.39, 0.29) is 0 Å². The number of nitrogens with two attached hydrogens (primary N) is 1. The Bertz CT molecular complexity index is 425. The van der Waals surface area contributed by atoms with Crippen LogP contribution in [0, 0.1) is 6.92 Å². The molecule has 0 fully saturated rings. The Balaban J connectivity index is 2.44. The number of hydrogen-bond acceptors (Lipinski definition) is 2. The molecule has 72 valence electrons. The fraction of sp³-hybridized carbons (Fsp3) is 0.100. The highest BCUT2D eigenvalue weighted by atomic mass is 35.5. The third-order valence-electron chi connectivity index (χ3n) is 2.03. The monoisotopic (exact) mass is 207 g/mol. The minimum absolute atomic E-state index is 0.556. The number of anilines is 1. The second-order valence-corrected chi connectivity index (χ2v) is 3.55. The van der Waals surface area contributed by atoms with Crippen LogP contribution in [0.5, 0.6) is 0 Å². The van der Waals surface area contributed by atoms with Gasteiger partial charge in [0.25, 0.3) is 0 Å². The van der Waals surface area contributed by atoms with Crippen LogP contribution in [-0.2, 0) is 0 Å². The zero-order valence-electron chi connectivity index (χ0n) is 7.74. The first-order valence-electron chi connectivity index (χ1n) is 4.24. The molecule has 0 radical (unpaired) electrons. The first kappa shape index (κ1) is 9.09. The summed E-state index contributed by atoms with van der Waals surface area (Å²) >= 11 is 5.78. The second kappa shape index (κ2) is 3.35. The average Bonchev–Trinajstić information content (AvgIpc) is 2.48. The zero-order chi connectivity index (χ0) is 10.1. The molecule has 0 unspecified atom stereocenters. The highest BCUT2D eigenvalue weighted by Crippen LogP contribution is 2.15. The second-order valence-electron chi connectivity index (χ2n) is 3.12. The molecule has 4 heteroatoms. The summed E-state index contributed by atoms with van der Waals surface area (Å²) in [5.41, 5.74) is 7.58. The molecule has 1 heterocycles. The van der Waals surface area contributed by atoms with Gasteiger partial charge >= 0.3 is 0 Å². The third kappa shape index (κ3) is 1.59. The molecule has 0 aliphatic carbocycles. The van der Waals surface area contributed by atoms with Crippen molar-refractivity contribution in [1.82, 2.24) is 9.78 Å². The van der Waals surface area contributed by atoms with Gasteiger partial charge in [-0.1, -0.05) is 11.6 Å². The van der Waals surface area contributed by atoms with Crippen molar-refractivity contribution in [1.29, 1.82) is 0 Å². The van der Waals surface area contributed by atoms with Gasteiger partial charge < -0.3 is 5.73 Å². The topological polar surface area (TPSA) is 43.8 Å². The molecule has 2 N–H and O–H groups in total. The normalized spacial score (nSPS) is 10.4. The molecule has 0 saturated carbocycles. The van der Waals surface area contributed by atoms with E-state index in [9.17, 15) is 0 Å². The fourth-order valence-corrected chi connectivity index (χ4v) is 1.33. The summed E-state index contributed by atoms with van der Waals surface area (Å²) in [5.74, 6) is 0.556. The summed E-state index contributed by atoms with van der Waals surface area (Å²) in [6.45, 7) is 1.93. The Morgan fingerprint density at radius 2 is 1.93 bits per heavy atom. The van der Waals surface area contributed by atoms with Gasteiger partial charge in [0, 0.05) is 16.8 Å².